The fourth-order valence-electron chi connectivity index (χ4n) is 2.21. The van der Waals surface area contributed by atoms with Crippen LogP contribution in [0.1, 0.15) is 6.92 Å². The van der Waals surface area contributed by atoms with Crippen LogP contribution in [0.25, 0.3) is 16.9 Å². The average molecular weight is 421 g/mol. The number of aromatic nitrogens is 5. The Hall–Kier alpha value is -2.70. The zero-order valence-electron chi connectivity index (χ0n) is 14.1. The summed E-state index contributed by atoms with van der Waals surface area (Å²) in [5.41, 5.74) is 0.610. The standard InChI is InChI=1S/C15H12F5N5O2S/c1-2-28-13-11(12-21-6-5-10(26)25(12)24-13)8-3-4-9(23-22-8)27-7-14(16,17)15(18,19)20/h3-6,24H,2,7H2,1H3. The first kappa shape index (κ1) is 20.0. The topological polar surface area (TPSA) is 85.2 Å². The summed E-state index contributed by atoms with van der Waals surface area (Å²) in [6.45, 7) is -0.0227. The van der Waals surface area contributed by atoms with Gasteiger partial charge in [-0.3, -0.25) is 9.89 Å². The van der Waals surface area contributed by atoms with Gasteiger partial charge in [0.1, 0.15) is 5.03 Å². The van der Waals surface area contributed by atoms with Crippen LogP contribution in [0.5, 0.6) is 5.88 Å². The molecule has 0 fully saturated rings. The maximum atomic E-state index is 12.9. The maximum Gasteiger partial charge on any atom is 0.456 e. The molecule has 150 valence electrons. The van der Waals surface area contributed by atoms with E-state index >= 15 is 0 Å². The second kappa shape index (κ2) is 7.37. The van der Waals surface area contributed by atoms with Gasteiger partial charge >= 0.3 is 12.1 Å². The molecule has 28 heavy (non-hydrogen) atoms. The van der Waals surface area contributed by atoms with Crippen LogP contribution < -0.4 is 10.3 Å². The lowest BCUT2D eigenvalue weighted by Gasteiger charge is -2.19. The number of aromatic amines is 1. The van der Waals surface area contributed by atoms with Gasteiger partial charge in [-0.05, 0) is 11.8 Å². The van der Waals surface area contributed by atoms with Crippen molar-refractivity contribution in [3.8, 4) is 17.1 Å². The third-order valence-electron chi connectivity index (χ3n) is 3.51. The normalized spacial score (nSPS) is 12.5. The minimum atomic E-state index is -5.73. The van der Waals surface area contributed by atoms with Gasteiger partial charge < -0.3 is 4.74 Å². The zero-order valence-corrected chi connectivity index (χ0v) is 14.9. The molecule has 3 aromatic heterocycles. The number of ether oxygens (including phenoxy) is 1. The molecule has 13 heteroatoms. The van der Waals surface area contributed by atoms with Crippen LogP contribution in [-0.4, -0.2) is 49.3 Å². The lowest BCUT2D eigenvalue weighted by molar-refractivity contribution is -0.290. The summed E-state index contributed by atoms with van der Waals surface area (Å²) in [5.74, 6) is -4.85. The van der Waals surface area contributed by atoms with Crippen LogP contribution in [-0.2, 0) is 0 Å². The van der Waals surface area contributed by atoms with E-state index in [1.165, 1.54) is 34.6 Å². The number of hydrogen-bond acceptors (Lipinski definition) is 6. The smallest absolute Gasteiger partial charge is 0.456 e. The highest BCUT2D eigenvalue weighted by atomic mass is 32.2. The van der Waals surface area contributed by atoms with E-state index in [4.69, 9.17) is 0 Å². The highest BCUT2D eigenvalue weighted by molar-refractivity contribution is 7.99. The lowest BCUT2D eigenvalue weighted by Crippen LogP contribution is -2.41. The molecular formula is C15H12F5N5O2S. The monoisotopic (exact) mass is 421 g/mol. The van der Waals surface area contributed by atoms with Gasteiger partial charge in [-0.2, -0.15) is 26.5 Å². The van der Waals surface area contributed by atoms with E-state index in [1.807, 2.05) is 6.92 Å². The van der Waals surface area contributed by atoms with Crippen molar-refractivity contribution < 1.29 is 26.7 Å². The van der Waals surface area contributed by atoms with Crippen molar-refractivity contribution in [3.63, 3.8) is 0 Å². The van der Waals surface area contributed by atoms with Crippen molar-refractivity contribution in [1.29, 1.82) is 0 Å². The Labute approximate surface area is 157 Å². The average Bonchev–Trinajstić information content (AvgIpc) is 2.99. The molecule has 0 unspecified atom stereocenters. The number of nitrogens with one attached hydrogen (secondary N) is 1. The first-order valence-electron chi connectivity index (χ1n) is 7.78. The minimum Gasteiger partial charge on any atom is -0.470 e. The molecule has 0 saturated carbocycles. The molecule has 3 aromatic rings. The second-order valence-electron chi connectivity index (χ2n) is 5.44. The number of alkyl halides is 5. The van der Waals surface area contributed by atoms with E-state index in [0.717, 1.165) is 6.07 Å². The minimum absolute atomic E-state index is 0.239. The predicted octanol–water partition coefficient (Wildman–Crippen LogP) is 3.17. The van der Waals surface area contributed by atoms with Crippen molar-refractivity contribution in [3.05, 3.63) is 34.7 Å². The molecule has 0 radical (unpaired) electrons. The van der Waals surface area contributed by atoms with E-state index in [-0.39, 0.29) is 16.9 Å². The number of nitrogens with zero attached hydrogens (tertiary/aromatic N) is 4. The Morgan fingerprint density at radius 3 is 2.54 bits per heavy atom. The van der Waals surface area contributed by atoms with Crippen LogP contribution in [0.4, 0.5) is 22.0 Å². The first-order valence-corrected chi connectivity index (χ1v) is 8.76. The number of fused-ring (bicyclic) bond motifs is 1. The Kier molecular flexibility index (Phi) is 5.28. The molecule has 0 bridgehead atoms. The molecule has 0 spiro atoms. The Bertz CT molecular complexity index is 1030. The van der Waals surface area contributed by atoms with Crippen molar-refractivity contribution in [1.82, 2.24) is 24.8 Å². The molecule has 3 rings (SSSR count). The molecule has 0 atom stereocenters. The van der Waals surface area contributed by atoms with Crippen LogP contribution in [0.2, 0.25) is 0 Å². The van der Waals surface area contributed by atoms with Crippen molar-refractivity contribution in [2.75, 3.05) is 12.4 Å². The number of rotatable bonds is 6. The summed E-state index contributed by atoms with van der Waals surface area (Å²) in [6, 6.07) is 3.70. The highest BCUT2D eigenvalue weighted by Crippen LogP contribution is 2.36. The van der Waals surface area contributed by atoms with E-state index in [0.29, 0.717) is 16.3 Å². The summed E-state index contributed by atoms with van der Waals surface area (Å²) in [6.07, 6.45) is -4.41. The third kappa shape index (κ3) is 3.79. The van der Waals surface area contributed by atoms with Crippen LogP contribution in [0.15, 0.2) is 34.2 Å². The third-order valence-corrected chi connectivity index (χ3v) is 4.38. The maximum absolute atomic E-state index is 12.9. The lowest BCUT2D eigenvalue weighted by atomic mass is 10.2. The largest absolute Gasteiger partial charge is 0.470 e. The van der Waals surface area contributed by atoms with Gasteiger partial charge in [0.2, 0.25) is 5.88 Å². The number of thioether (sulfide) groups is 1. The van der Waals surface area contributed by atoms with Crippen molar-refractivity contribution in [2.45, 2.75) is 24.0 Å². The van der Waals surface area contributed by atoms with Gasteiger partial charge in [0.15, 0.2) is 12.3 Å². The second-order valence-corrected chi connectivity index (χ2v) is 6.71. The van der Waals surface area contributed by atoms with E-state index < -0.39 is 24.6 Å². The molecule has 1 N–H and O–H groups in total. The van der Waals surface area contributed by atoms with Crippen LogP contribution >= 0.6 is 11.8 Å². The van der Waals surface area contributed by atoms with Gasteiger partial charge in [-0.25, -0.2) is 4.98 Å². The molecule has 0 aromatic carbocycles. The molecule has 0 aliphatic carbocycles. The Balaban J connectivity index is 1.91. The summed E-state index contributed by atoms with van der Waals surface area (Å²) in [5, 5.41) is 10.8. The number of H-pyrrole nitrogens is 1. The first-order chi connectivity index (χ1) is 13.1. The number of halogens is 5. The molecular weight excluding hydrogens is 409 g/mol. The van der Waals surface area contributed by atoms with Crippen LogP contribution in [0.3, 0.4) is 0 Å². The van der Waals surface area contributed by atoms with Gasteiger partial charge in [-0.15, -0.1) is 22.0 Å². The fourth-order valence-corrected chi connectivity index (χ4v) is 2.99. The summed E-state index contributed by atoms with van der Waals surface area (Å²) < 4.78 is 68.0. The number of hydrogen-bond donors (Lipinski definition) is 1. The summed E-state index contributed by atoms with van der Waals surface area (Å²) in [4.78, 5) is 16.1. The fraction of sp³-hybridized carbons (Fsp3) is 0.333. The van der Waals surface area contributed by atoms with E-state index in [1.54, 1.807) is 0 Å². The Morgan fingerprint density at radius 2 is 1.93 bits per heavy atom. The van der Waals surface area contributed by atoms with Crippen molar-refractivity contribution >= 4 is 17.4 Å². The van der Waals surface area contributed by atoms with Crippen molar-refractivity contribution in [2.24, 2.45) is 0 Å². The predicted molar refractivity (Wildman–Crippen MR) is 89.7 cm³/mol. The molecule has 0 aliphatic rings. The SMILES string of the molecule is CCSc1[nH]n2c(=O)ccnc2c1-c1ccc(OCC(F)(F)C(F)(F)F)nn1. The highest BCUT2D eigenvalue weighted by Gasteiger charge is 2.58. The van der Waals surface area contributed by atoms with Gasteiger partial charge in [0, 0.05) is 18.3 Å². The van der Waals surface area contributed by atoms with Gasteiger partial charge in [0.25, 0.3) is 5.56 Å². The van der Waals surface area contributed by atoms with E-state index in [9.17, 15) is 26.7 Å². The Morgan fingerprint density at radius 1 is 1.18 bits per heavy atom. The van der Waals surface area contributed by atoms with Gasteiger partial charge in [-0.1, -0.05) is 6.92 Å². The molecule has 7 nitrogen and oxygen atoms in total. The molecule has 0 amide bonds. The van der Waals surface area contributed by atoms with Crippen LogP contribution in [0, 0.1) is 0 Å². The molecule has 3 heterocycles. The molecule has 0 aliphatic heterocycles. The quantitative estimate of drug-likeness (QED) is 0.486. The van der Waals surface area contributed by atoms with Gasteiger partial charge in [0.05, 0.1) is 11.3 Å². The molecule has 0 saturated heterocycles. The summed E-state index contributed by atoms with van der Waals surface area (Å²) in [7, 11) is 0. The summed E-state index contributed by atoms with van der Waals surface area (Å²) >= 11 is 1.37. The zero-order chi connectivity index (χ0) is 20.5. The van der Waals surface area contributed by atoms with E-state index in [2.05, 4.69) is 25.0 Å².